The van der Waals surface area contributed by atoms with Crippen molar-refractivity contribution in [3.05, 3.63) is 52.0 Å². The van der Waals surface area contributed by atoms with Gasteiger partial charge in [-0.25, -0.2) is 0 Å². The van der Waals surface area contributed by atoms with Gasteiger partial charge >= 0.3 is 5.97 Å². The van der Waals surface area contributed by atoms with Crippen LogP contribution in [0.4, 0.5) is 5.69 Å². The van der Waals surface area contributed by atoms with E-state index in [4.69, 9.17) is 33.0 Å². The van der Waals surface area contributed by atoms with Crippen molar-refractivity contribution in [1.82, 2.24) is 25.1 Å². The lowest BCUT2D eigenvalue weighted by atomic mass is 9.87. The second kappa shape index (κ2) is 13.1. The summed E-state index contributed by atoms with van der Waals surface area (Å²) in [5.74, 6) is -1.42. The van der Waals surface area contributed by atoms with Gasteiger partial charge in [-0.05, 0) is 58.5 Å². The zero-order valence-corrected chi connectivity index (χ0v) is 25.1. The number of hydrogen-bond donors (Lipinski definition) is 2. The van der Waals surface area contributed by atoms with Gasteiger partial charge in [-0.3, -0.25) is 14.4 Å². The number of aliphatic carboxylic acids is 1. The Morgan fingerprint density at radius 1 is 1.10 bits per heavy atom. The number of carbonyl (C=O) groups excluding carboxylic acids is 2. The number of tetrazole rings is 1. The summed E-state index contributed by atoms with van der Waals surface area (Å²) < 4.78 is 7.07. The van der Waals surface area contributed by atoms with Crippen LogP contribution >= 0.6 is 35.0 Å². The fourth-order valence-electron chi connectivity index (χ4n) is 4.18. The van der Waals surface area contributed by atoms with Gasteiger partial charge < -0.3 is 20.1 Å². The molecule has 11 nitrogen and oxygen atoms in total. The maximum atomic E-state index is 12.7. The van der Waals surface area contributed by atoms with E-state index in [2.05, 4.69) is 41.6 Å². The zero-order valence-electron chi connectivity index (χ0n) is 22.8. The summed E-state index contributed by atoms with van der Waals surface area (Å²) in [7, 11) is 0. The minimum absolute atomic E-state index is 0.0136. The summed E-state index contributed by atoms with van der Waals surface area (Å²) in [6, 6.07) is 10.4. The van der Waals surface area contributed by atoms with Crippen molar-refractivity contribution < 1.29 is 24.2 Å². The quantitative estimate of drug-likeness (QED) is 0.326. The van der Waals surface area contributed by atoms with Crippen molar-refractivity contribution >= 4 is 58.4 Å². The van der Waals surface area contributed by atoms with Crippen molar-refractivity contribution in [2.45, 2.75) is 44.2 Å². The van der Waals surface area contributed by atoms with Crippen LogP contribution < -0.4 is 10.1 Å². The molecule has 2 heterocycles. The summed E-state index contributed by atoms with van der Waals surface area (Å²) in [5, 5.41) is 24.8. The second-order valence-corrected chi connectivity index (χ2v) is 12.3. The molecule has 0 unspecified atom stereocenters. The van der Waals surface area contributed by atoms with Gasteiger partial charge in [0.25, 0.3) is 5.91 Å². The van der Waals surface area contributed by atoms with E-state index in [1.165, 1.54) is 10.7 Å². The largest absolute Gasteiger partial charge is 0.484 e. The maximum Gasteiger partial charge on any atom is 0.306 e. The molecule has 1 fully saturated rings. The van der Waals surface area contributed by atoms with E-state index in [-0.39, 0.29) is 34.6 Å². The molecule has 1 aliphatic rings. The molecule has 2 aromatic carbocycles. The van der Waals surface area contributed by atoms with Gasteiger partial charge in [-0.2, -0.15) is 4.68 Å². The lowest BCUT2D eigenvalue weighted by Gasteiger charge is -2.30. The highest BCUT2D eigenvalue weighted by Crippen LogP contribution is 2.31. The maximum absolute atomic E-state index is 12.7. The number of anilines is 1. The van der Waals surface area contributed by atoms with E-state index >= 15 is 0 Å². The number of aromatic nitrogens is 4. The Morgan fingerprint density at radius 2 is 1.83 bits per heavy atom. The topological polar surface area (TPSA) is 140 Å². The molecular formula is C27H30Cl2N6O5S. The molecule has 218 valence electrons. The molecule has 0 bridgehead atoms. The van der Waals surface area contributed by atoms with Crippen LogP contribution in [-0.4, -0.2) is 73.4 Å². The third-order valence-corrected chi connectivity index (χ3v) is 8.12. The molecule has 0 aliphatic carbocycles. The predicted molar refractivity (Wildman–Crippen MR) is 156 cm³/mol. The van der Waals surface area contributed by atoms with E-state index in [1.807, 2.05) is 18.2 Å². The molecule has 0 spiro atoms. The smallest absolute Gasteiger partial charge is 0.306 e. The predicted octanol–water partition coefficient (Wildman–Crippen LogP) is 4.70. The monoisotopic (exact) mass is 620 g/mol. The number of thioether (sulfide) groups is 1. The van der Waals surface area contributed by atoms with Gasteiger partial charge in [0.15, 0.2) is 6.61 Å². The Labute approximate surface area is 251 Å². The number of carboxylic acid groups (broad SMARTS) is 1. The minimum Gasteiger partial charge on any atom is -0.484 e. The highest BCUT2D eigenvalue weighted by Gasteiger charge is 2.27. The third kappa shape index (κ3) is 7.90. The van der Waals surface area contributed by atoms with E-state index in [9.17, 15) is 14.4 Å². The van der Waals surface area contributed by atoms with Gasteiger partial charge in [0, 0.05) is 19.2 Å². The molecule has 0 saturated carbocycles. The Hall–Kier alpha value is -3.35. The first-order chi connectivity index (χ1) is 19.4. The van der Waals surface area contributed by atoms with Crippen LogP contribution in [0.1, 0.15) is 39.2 Å². The Morgan fingerprint density at radius 3 is 2.46 bits per heavy atom. The van der Waals surface area contributed by atoms with Crippen LogP contribution in [0, 0.1) is 5.92 Å². The minimum atomic E-state index is -0.833. The number of likely N-dealkylation sites (tertiary alicyclic amines) is 1. The molecule has 1 saturated heterocycles. The molecule has 0 atom stereocenters. The number of benzene rings is 2. The average molecular weight is 622 g/mol. The number of hydrogen-bond acceptors (Lipinski definition) is 8. The van der Waals surface area contributed by atoms with E-state index in [1.54, 1.807) is 17.0 Å². The number of amides is 2. The number of halogens is 2. The highest BCUT2D eigenvalue weighted by atomic mass is 35.5. The standard InChI is InChI=1S/C27H30Cl2N6O5S/c1-27(2,3)17-4-7-22(20(29)12-17)35-26(31-32-33-35)41-15-23(36)30-21-6-5-18(13-19(21)28)40-14-24(37)34-10-8-16(9-11-34)25(38)39/h4-7,12-13,16H,8-11,14-15H2,1-3H3,(H,30,36)(H,38,39). The molecular weight excluding hydrogens is 591 g/mol. The number of rotatable bonds is 9. The highest BCUT2D eigenvalue weighted by molar-refractivity contribution is 7.99. The summed E-state index contributed by atoms with van der Waals surface area (Å²) >= 11 is 14.0. The summed E-state index contributed by atoms with van der Waals surface area (Å²) in [6.45, 7) is 6.85. The fraction of sp³-hybridized carbons (Fsp3) is 0.407. The first-order valence-corrected chi connectivity index (χ1v) is 14.6. The van der Waals surface area contributed by atoms with Gasteiger partial charge in [0.2, 0.25) is 11.1 Å². The summed E-state index contributed by atoms with van der Waals surface area (Å²) in [4.78, 5) is 37.8. The molecule has 2 amide bonds. The van der Waals surface area contributed by atoms with Gasteiger partial charge in [-0.1, -0.05) is 61.8 Å². The first-order valence-electron chi connectivity index (χ1n) is 12.9. The van der Waals surface area contributed by atoms with Crippen molar-refractivity contribution in [3.8, 4) is 11.4 Å². The van der Waals surface area contributed by atoms with Crippen LogP contribution in [0.25, 0.3) is 5.69 Å². The van der Waals surface area contributed by atoms with Gasteiger partial charge in [0.1, 0.15) is 5.75 Å². The third-order valence-electron chi connectivity index (χ3n) is 6.59. The number of ether oxygens (including phenoxy) is 1. The van der Waals surface area contributed by atoms with E-state index < -0.39 is 11.9 Å². The molecule has 0 radical (unpaired) electrons. The first kappa shape index (κ1) is 30.6. The lowest BCUT2D eigenvalue weighted by molar-refractivity contribution is -0.146. The fourth-order valence-corrected chi connectivity index (χ4v) is 5.34. The SMILES string of the molecule is CC(C)(C)c1ccc(-n2nnnc2SCC(=O)Nc2ccc(OCC(=O)N3CCC(C(=O)O)CC3)cc2Cl)c(Cl)c1. The molecule has 4 rings (SSSR count). The molecule has 1 aliphatic heterocycles. The molecule has 3 aromatic rings. The average Bonchev–Trinajstić information content (AvgIpc) is 3.39. The van der Waals surface area contributed by atoms with Crippen molar-refractivity contribution in [2.24, 2.45) is 5.92 Å². The number of carboxylic acids is 1. The number of nitrogens with zero attached hydrogens (tertiary/aromatic N) is 5. The van der Waals surface area contributed by atoms with E-state index in [0.717, 1.165) is 17.3 Å². The zero-order chi connectivity index (χ0) is 29.7. The number of nitrogens with one attached hydrogen (secondary N) is 1. The molecule has 14 heteroatoms. The summed E-state index contributed by atoms with van der Waals surface area (Å²) in [6.07, 6.45) is 0.847. The molecule has 1 aromatic heterocycles. The number of carbonyl (C=O) groups is 3. The van der Waals surface area contributed by atoms with Crippen LogP contribution in [0.15, 0.2) is 41.6 Å². The second-order valence-electron chi connectivity index (χ2n) is 10.5. The lowest BCUT2D eigenvalue weighted by Crippen LogP contribution is -2.42. The Balaban J connectivity index is 1.29. The van der Waals surface area contributed by atoms with Crippen molar-refractivity contribution in [3.63, 3.8) is 0 Å². The normalized spacial score (nSPS) is 14.1. The molecule has 2 N–H and O–H groups in total. The molecule has 41 heavy (non-hydrogen) atoms. The van der Waals surface area contributed by atoms with Gasteiger partial charge in [0.05, 0.1) is 33.1 Å². The Kier molecular flexibility index (Phi) is 9.77. The van der Waals surface area contributed by atoms with Crippen molar-refractivity contribution in [1.29, 1.82) is 0 Å². The number of piperidine rings is 1. The van der Waals surface area contributed by atoms with Crippen LogP contribution in [0.3, 0.4) is 0 Å². The van der Waals surface area contributed by atoms with Crippen molar-refractivity contribution in [2.75, 3.05) is 30.8 Å². The van der Waals surface area contributed by atoms with E-state index in [0.29, 0.717) is 53.2 Å². The van der Waals surface area contributed by atoms with Crippen LogP contribution in [0.2, 0.25) is 10.0 Å². The Bertz CT molecular complexity index is 1440. The summed E-state index contributed by atoms with van der Waals surface area (Å²) in [5.41, 5.74) is 2.00. The van der Waals surface area contributed by atoms with Crippen LogP contribution in [-0.2, 0) is 19.8 Å². The van der Waals surface area contributed by atoms with Crippen LogP contribution in [0.5, 0.6) is 5.75 Å². The van der Waals surface area contributed by atoms with Gasteiger partial charge in [-0.15, -0.1) is 5.10 Å².